The molecule has 3 heteroatoms. The van der Waals surface area contributed by atoms with Gasteiger partial charge in [0.25, 0.3) is 0 Å². The summed E-state index contributed by atoms with van der Waals surface area (Å²) in [4.78, 5) is 4.90. The quantitative estimate of drug-likeness (QED) is 0.194. The van der Waals surface area contributed by atoms with Gasteiger partial charge in [-0.3, -0.25) is 4.99 Å². The number of hydrogen-bond donors (Lipinski definition) is 2. The minimum absolute atomic E-state index is 0.0873. The maximum atomic E-state index is 10.2. The Hall–Kier alpha value is -2.29. The van der Waals surface area contributed by atoms with E-state index in [0.29, 0.717) is 6.42 Å². The molecule has 0 atom stereocenters. The van der Waals surface area contributed by atoms with E-state index >= 15 is 0 Å². The molecule has 0 unspecified atom stereocenters. The SMILES string of the molecule is CCCCCCCCCCCCCCN=C(Cc1ccccc1)Cc1ccc(O)cc1O. The molecule has 0 amide bonds. The molecular weight excluding hydrogens is 394 g/mol. The number of benzene rings is 2. The lowest BCUT2D eigenvalue weighted by Crippen LogP contribution is -2.09. The van der Waals surface area contributed by atoms with Crippen molar-refractivity contribution in [1.29, 1.82) is 0 Å². The van der Waals surface area contributed by atoms with Crippen LogP contribution in [0.15, 0.2) is 53.5 Å². The van der Waals surface area contributed by atoms with Crippen LogP contribution in [0.5, 0.6) is 11.5 Å². The molecule has 176 valence electrons. The van der Waals surface area contributed by atoms with Crippen LogP contribution in [0.2, 0.25) is 0 Å². The molecule has 0 aliphatic carbocycles. The Morgan fingerprint density at radius 3 is 1.88 bits per heavy atom. The smallest absolute Gasteiger partial charge is 0.122 e. The van der Waals surface area contributed by atoms with Crippen LogP contribution in [0.4, 0.5) is 0 Å². The fraction of sp³-hybridized carbons (Fsp3) is 0.552. The number of phenols is 2. The summed E-state index contributed by atoms with van der Waals surface area (Å²) in [6.07, 6.45) is 17.5. The molecule has 2 aromatic rings. The van der Waals surface area contributed by atoms with E-state index in [0.717, 1.165) is 30.7 Å². The van der Waals surface area contributed by atoms with Crippen LogP contribution in [0.1, 0.15) is 95.1 Å². The van der Waals surface area contributed by atoms with E-state index in [9.17, 15) is 10.2 Å². The second-order valence-corrected chi connectivity index (χ2v) is 8.99. The van der Waals surface area contributed by atoms with E-state index in [-0.39, 0.29) is 11.5 Å². The number of phenolic OH excluding ortho intramolecular Hbond substituents is 2. The zero-order valence-corrected chi connectivity index (χ0v) is 20.1. The van der Waals surface area contributed by atoms with Crippen molar-refractivity contribution in [2.24, 2.45) is 4.99 Å². The Balaban J connectivity index is 1.70. The molecule has 0 fully saturated rings. The third-order valence-electron chi connectivity index (χ3n) is 6.06. The third kappa shape index (κ3) is 11.4. The molecule has 0 aromatic heterocycles. The first-order chi connectivity index (χ1) is 15.7. The van der Waals surface area contributed by atoms with Crippen molar-refractivity contribution in [2.75, 3.05) is 6.54 Å². The maximum absolute atomic E-state index is 10.2. The highest BCUT2D eigenvalue weighted by Crippen LogP contribution is 2.24. The lowest BCUT2D eigenvalue weighted by molar-refractivity contribution is 0.447. The second-order valence-electron chi connectivity index (χ2n) is 8.99. The van der Waals surface area contributed by atoms with Gasteiger partial charge in [-0.05, 0) is 23.6 Å². The predicted molar refractivity (Wildman–Crippen MR) is 137 cm³/mol. The summed E-state index contributed by atoms with van der Waals surface area (Å²) in [5, 5.41) is 19.7. The molecule has 0 saturated heterocycles. The highest BCUT2D eigenvalue weighted by atomic mass is 16.3. The first-order valence-electron chi connectivity index (χ1n) is 12.8. The fourth-order valence-corrected chi connectivity index (χ4v) is 4.12. The molecule has 0 radical (unpaired) electrons. The number of aliphatic imine (C=N–C) groups is 1. The van der Waals surface area contributed by atoms with Gasteiger partial charge in [0.1, 0.15) is 11.5 Å². The summed E-state index contributed by atoms with van der Waals surface area (Å²) in [6, 6.07) is 15.2. The molecule has 2 N–H and O–H groups in total. The number of aromatic hydroxyl groups is 2. The summed E-state index contributed by atoms with van der Waals surface area (Å²) in [5.74, 6) is 0.223. The van der Waals surface area contributed by atoms with Crippen molar-refractivity contribution in [3.8, 4) is 11.5 Å². The number of hydrogen-bond acceptors (Lipinski definition) is 3. The van der Waals surface area contributed by atoms with E-state index in [1.165, 1.54) is 82.3 Å². The molecule has 0 saturated carbocycles. The lowest BCUT2D eigenvalue weighted by atomic mass is 10.0. The van der Waals surface area contributed by atoms with Crippen molar-refractivity contribution >= 4 is 5.71 Å². The molecule has 32 heavy (non-hydrogen) atoms. The average molecular weight is 438 g/mol. The topological polar surface area (TPSA) is 52.8 Å². The summed E-state index contributed by atoms with van der Waals surface area (Å²) in [5.41, 5.74) is 3.13. The van der Waals surface area contributed by atoms with E-state index in [1.54, 1.807) is 12.1 Å². The lowest BCUT2D eigenvalue weighted by Gasteiger charge is -2.10. The van der Waals surface area contributed by atoms with Gasteiger partial charge in [-0.2, -0.15) is 0 Å². The first kappa shape index (κ1) is 26.0. The Kier molecular flexibility index (Phi) is 13.3. The summed E-state index contributed by atoms with van der Waals surface area (Å²) < 4.78 is 0. The molecule has 0 heterocycles. The zero-order chi connectivity index (χ0) is 22.9. The van der Waals surface area contributed by atoms with Gasteiger partial charge in [0.15, 0.2) is 0 Å². The van der Waals surface area contributed by atoms with Crippen molar-refractivity contribution in [2.45, 2.75) is 96.8 Å². The highest BCUT2D eigenvalue weighted by Gasteiger charge is 2.08. The van der Waals surface area contributed by atoms with Crippen LogP contribution in [0.25, 0.3) is 0 Å². The van der Waals surface area contributed by atoms with Gasteiger partial charge in [-0.15, -0.1) is 0 Å². The molecule has 0 aliphatic heterocycles. The molecule has 0 spiro atoms. The maximum Gasteiger partial charge on any atom is 0.122 e. The van der Waals surface area contributed by atoms with E-state index in [4.69, 9.17) is 4.99 Å². The van der Waals surface area contributed by atoms with Crippen LogP contribution >= 0.6 is 0 Å². The highest BCUT2D eigenvalue weighted by molar-refractivity contribution is 5.89. The molecule has 2 rings (SSSR count). The van der Waals surface area contributed by atoms with Gasteiger partial charge in [0.05, 0.1) is 0 Å². The van der Waals surface area contributed by atoms with Crippen LogP contribution < -0.4 is 0 Å². The van der Waals surface area contributed by atoms with Gasteiger partial charge in [0.2, 0.25) is 0 Å². The predicted octanol–water partition coefficient (Wildman–Crippen LogP) is 8.03. The Morgan fingerprint density at radius 1 is 0.688 bits per heavy atom. The normalized spacial score (nSPS) is 11.7. The van der Waals surface area contributed by atoms with E-state index in [2.05, 4.69) is 31.2 Å². The Labute approximate surface area is 195 Å². The van der Waals surface area contributed by atoms with Crippen molar-refractivity contribution in [3.05, 3.63) is 59.7 Å². The number of rotatable bonds is 17. The van der Waals surface area contributed by atoms with Crippen molar-refractivity contribution in [3.63, 3.8) is 0 Å². The van der Waals surface area contributed by atoms with Gasteiger partial charge < -0.3 is 10.2 Å². The van der Waals surface area contributed by atoms with Gasteiger partial charge in [0, 0.05) is 31.2 Å². The third-order valence-corrected chi connectivity index (χ3v) is 6.06. The number of nitrogens with zero attached hydrogens (tertiary/aromatic N) is 1. The Morgan fingerprint density at radius 2 is 1.28 bits per heavy atom. The summed E-state index contributed by atoms with van der Waals surface area (Å²) in [6.45, 7) is 3.12. The fourth-order valence-electron chi connectivity index (χ4n) is 4.12. The van der Waals surface area contributed by atoms with Crippen LogP contribution in [-0.2, 0) is 12.8 Å². The van der Waals surface area contributed by atoms with E-state index in [1.807, 2.05) is 6.07 Å². The molecule has 0 aliphatic rings. The molecule has 0 bridgehead atoms. The standard InChI is InChI=1S/C29H43NO2/c1-2-3-4-5-6-7-8-9-10-11-12-16-21-30-27(22-25-17-14-13-15-18-25)23-26-19-20-28(31)24-29(26)32/h13-15,17-20,24,31-32H,2-12,16,21-23H2,1H3. The Bertz CT molecular complexity index is 770. The molecule has 3 nitrogen and oxygen atoms in total. The van der Waals surface area contributed by atoms with Crippen molar-refractivity contribution < 1.29 is 10.2 Å². The zero-order valence-electron chi connectivity index (χ0n) is 20.1. The molecule has 2 aromatic carbocycles. The van der Waals surface area contributed by atoms with Crippen LogP contribution in [0, 0.1) is 0 Å². The largest absolute Gasteiger partial charge is 0.508 e. The van der Waals surface area contributed by atoms with Crippen LogP contribution in [0.3, 0.4) is 0 Å². The van der Waals surface area contributed by atoms with Gasteiger partial charge >= 0.3 is 0 Å². The minimum Gasteiger partial charge on any atom is -0.508 e. The minimum atomic E-state index is 0.0873. The van der Waals surface area contributed by atoms with Crippen molar-refractivity contribution in [1.82, 2.24) is 0 Å². The summed E-state index contributed by atoms with van der Waals surface area (Å²) in [7, 11) is 0. The first-order valence-corrected chi connectivity index (χ1v) is 12.8. The van der Waals surface area contributed by atoms with Gasteiger partial charge in [-0.25, -0.2) is 0 Å². The molecular formula is C29H43NO2. The second kappa shape index (κ2) is 16.4. The van der Waals surface area contributed by atoms with Gasteiger partial charge in [-0.1, -0.05) is 114 Å². The number of unbranched alkanes of at least 4 members (excludes halogenated alkanes) is 11. The summed E-state index contributed by atoms with van der Waals surface area (Å²) >= 11 is 0. The van der Waals surface area contributed by atoms with E-state index < -0.39 is 0 Å². The monoisotopic (exact) mass is 437 g/mol. The van der Waals surface area contributed by atoms with Crippen LogP contribution in [-0.4, -0.2) is 22.5 Å². The average Bonchev–Trinajstić information content (AvgIpc) is 2.79.